The number of halogens is 1. The van der Waals surface area contributed by atoms with Gasteiger partial charge in [-0.1, -0.05) is 6.07 Å². The number of benzene rings is 1. The van der Waals surface area contributed by atoms with Crippen molar-refractivity contribution >= 4 is 10.0 Å². The van der Waals surface area contributed by atoms with Gasteiger partial charge in [-0.2, -0.15) is 4.31 Å². The maximum atomic E-state index is 13.8. The first-order valence-electron chi connectivity index (χ1n) is 6.84. The molecule has 2 N–H and O–H groups in total. The second-order valence-electron chi connectivity index (χ2n) is 5.53. The van der Waals surface area contributed by atoms with E-state index in [4.69, 9.17) is 5.73 Å². The van der Waals surface area contributed by atoms with Gasteiger partial charge in [0.25, 0.3) is 0 Å². The Bertz CT molecular complexity index is 579. The minimum Gasteiger partial charge on any atom is -0.328 e. The second-order valence-corrected chi connectivity index (χ2v) is 7.44. The summed E-state index contributed by atoms with van der Waals surface area (Å²) in [6.07, 6.45) is 1.45. The zero-order valence-electron chi connectivity index (χ0n) is 11.8. The van der Waals surface area contributed by atoms with Crippen LogP contribution in [0.25, 0.3) is 0 Å². The molecule has 112 valence electrons. The van der Waals surface area contributed by atoms with Crippen LogP contribution in [0.1, 0.15) is 25.3 Å². The normalized spacial score (nSPS) is 20.0. The third kappa shape index (κ3) is 3.02. The van der Waals surface area contributed by atoms with Gasteiger partial charge in [0, 0.05) is 19.1 Å². The molecule has 20 heavy (non-hydrogen) atoms. The molecule has 1 fully saturated rings. The molecule has 1 unspecified atom stereocenters. The molecule has 6 heteroatoms. The van der Waals surface area contributed by atoms with Gasteiger partial charge in [-0.3, -0.25) is 0 Å². The van der Waals surface area contributed by atoms with Crippen LogP contribution in [0.15, 0.2) is 23.1 Å². The van der Waals surface area contributed by atoms with Gasteiger partial charge >= 0.3 is 0 Å². The van der Waals surface area contributed by atoms with E-state index in [9.17, 15) is 12.8 Å². The number of nitrogens with two attached hydrogens (primary N) is 1. The lowest BCUT2D eigenvalue weighted by Gasteiger charge is -2.33. The molecule has 0 aromatic heterocycles. The third-order valence-corrected chi connectivity index (χ3v) is 5.86. The van der Waals surface area contributed by atoms with Gasteiger partial charge in [-0.15, -0.1) is 0 Å². The molecule has 1 aliphatic rings. The lowest BCUT2D eigenvalue weighted by Crippen LogP contribution is -2.42. The van der Waals surface area contributed by atoms with Gasteiger partial charge in [0.15, 0.2) is 0 Å². The van der Waals surface area contributed by atoms with Crippen LogP contribution < -0.4 is 5.73 Å². The van der Waals surface area contributed by atoms with Crippen molar-refractivity contribution < 1.29 is 12.8 Å². The highest BCUT2D eigenvalue weighted by Gasteiger charge is 2.32. The maximum absolute atomic E-state index is 13.8. The fraction of sp³-hybridized carbons (Fsp3) is 0.571. The number of aryl methyl sites for hydroxylation is 1. The number of piperidine rings is 1. The Morgan fingerprint density at radius 1 is 1.35 bits per heavy atom. The van der Waals surface area contributed by atoms with E-state index in [1.165, 1.54) is 16.4 Å². The molecule has 0 bridgehead atoms. The van der Waals surface area contributed by atoms with E-state index in [0.29, 0.717) is 19.0 Å². The van der Waals surface area contributed by atoms with Crippen LogP contribution in [0.2, 0.25) is 0 Å². The van der Waals surface area contributed by atoms with Crippen LogP contribution in [0, 0.1) is 18.7 Å². The van der Waals surface area contributed by atoms with Gasteiger partial charge in [0.05, 0.1) is 0 Å². The van der Waals surface area contributed by atoms with E-state index in [1.54, 1.807) is 13.0 Å². The van der Waals surface area contributed by atoms with Gasteiger partial charge in [-0.25, -0.2) is 12.8 Å². The van der Waals surface area contributed by atoms with Crippen LogP contribution in [-0.2, 0) is 10.0 Å². The summed E-state index contributed by atoms with van der Waals surface area (Å²) >= 11 is 0. The third-order valence-electron chi connectivity index (χ3n) is 3.95. The molecule has 0 saturated carbocycles. The minimum absolute atomic E-state index is 0.0653. The quantitative estimate of drug-likeness (QED) is 0.927. The minimum atomic E-state index is -3.75. The van der Waals surface area contributed by atoms with E-state index in [2.05, 4.69) is 0 Å². The van der Waals surface area contributed by atoms with E-state index >= 15 is 0 Å². The van der Waals surface area contributed by atoms with E-state index in [0.717, 1.165) is 18.4 Å². The van der Waals surface area contributed by atoms with Crippen LogP contribution in [0.5, 0.6) is 0 Å². The molecular formula is C14H21FN2O2S. The molecule has 0 spiro atoms. The molecule has 1 aliphatic heterocycles. The van der Waals surface area contributed by atoms with Gasteiger partial charge in [0.1, 0.15) is 10.7 Å². The van der Waals surface area contributed by atoms with Crippen LogP contribution in [-0.4, -0.2) is 31.9 Å². The SMILES string of the molecule is Cc1ccc(F)c(S(=O)(=O)N2CCC(C(C)N)CC2)c1. The highest BCUT2D eigenvalue weighted by molar-refractivity contribution is 7.89. The average molecular weight is 300 g/mol. The lowest BCUT2D eigenvalue weighted by molar-refractivity contribution is 0.250. The predicted molar refractivity (Wildman–Crippen MR) is 76.3 cm³/mol. The van der Waals surface area contributed by atoms with Crippen molar-refractivity contribution in [2.45, 2.75) is 37.6 Å². The topological polar surface area (TPSA) is 63.4 Å². The largest absolute Gasteiger partial charge is 0.328 e. The highest BCUT2D eigenvalue weighted by Crippen LogP contribution is 2.26. The zero-order valence-corrected chi connectivity index (χ0v) is 12.7. The fourth-order valence-corrected chi connectivity index (χ4v) is 4.21. The van der Waals surface area contributed by atoms with Crippen LogP contribution in [0.3, 0.4) is 0 Å². The summed E-state index contributed by atoms with van der Waals surface area (Å²) in [7, 11) is -3.75. The average Bonchev–Trinajstić information content (AvgIpc) is 2.41. The Labute approximate surface area is 119 Å². The molecule has 0 aliphatic carbocycles. The molecule has 1 aromatic rings. The molecule has 4 nitrogen and oxygen atoms in total. The summed E-state index contributed by atoms with van der Waals surface area (Å²) in [6.45, 7) is 4.50. The molecule has 0 radical (unpaired) electrons. The first kappa shape index (κ1) is 15.4. The molecule has 1 aromatic carbocycles. The zero-order chi connectivity index (χ0) is 14.9. The van der Waals surface area contributed by atoms with Crippen molar-refractivity contribution in [3.8, 4) is 0 Å². The number of sulfonamides is 1. The van der Waals surface area contributed by atoms with Gasteiger partial charge in [0.2, 0.25) is 10.0 Å². The van der Waals surface area contributed by atoms with E-state index in [1.807, 2.05) is 6.92 Å². The van der Waals surface area contributed by atoms with Crippen molar-refractivity contribution in [3.05, 3.63) is 29.6 Å². The van der Waals surface area contributed by atoms with Crippen LogP contribution in [0.4, 0.5) is 4.39 Å². The Morgan fingerprint density at radius 3 is 2.50 bits per heavy atom. The molecule has 1 heterocycles. The summed E-state index contributed by atoms with van der Waals surface area (Å²) < 4.78 is 40.1. The highest BCUT2D eigenvalue weighted by atomic mass is 32.2. The predicted octanol–water partition coefficient (Wildman–Crippen LogP) is 1.88. The number of hydrogen-bond donors (Lipinski definition) is 1. The summed E-state index contributed by atoms with van der Waals surface area (Å²) in [5.74, 6) is -0.353. The van der Waals surface area contributed by atoms with Gasteiger partial charge in [-0.05, 0) is 50.3 Å². The van der Waals surface area contributed by atoms with E-state index in [-0.39, 0.29) is 10.9 Å². The first-order valence-corrected chi connectivity index (χ1v) is 8.28. The van der Waals surface area contributed by atoms with Crippen molar-refractivity contribution in [1.82, 2.24) is 4.31 Å². The smallest absolute Gasteiger partial charge is 0.245 e. The molecule has 2 rings (SSSR count). The van der Waals surface area contributed by atoms with Crippen molar-refractivity contribution in [2.75, 3.05) is 13.1 Å². The number of rotatable bonds is 3. The Balaban J connectivity index is 2.22. The molecule has 1 atom stereocenters. The van der Waals surface area contributed by atoms with Crippen molar-refractivity contribution in [1.29, 1.82) is 0 Å². The Kier molecular flexibility index (Phi) is 4.46. The Morgan fingerprint density at radius 2 is 1.95 bits per heavy atom. The second kappa shape index (κ2) is 5.79. The summed E-state index contributed by atoms with van der Waals surface area (Å²) in [6, 6.07) is 4.23. The van der Waals surface area contributed by atoms with Crippen molar-refractivity contribution in [3.63, 3.8) is 0 Å². The summed E-state index contributed by atoms with van der Waals surface area (Å²) in [5.41, 5.74) is 6.58. The fourth-order valence-electron chi connectivity index (χ4n) is 2.59. The number of nitrogens with zero attached hydrogens (tertiary/aromatic N) is 1. The van der Waals surface area contributed by atoms with Gasteiger partial charge < -0.3 is 5.73 Å². The standard InChI is InChI=1S/C14H21FN2O2S/c1-10-3-4-13(15)14(9-10)20(18,19)17-7-5-12(6-8-17)11(2)16/h3-4,9,11-12H,5-8,16H2,1-2H3. The monoisotopic (exact) mass is 300 g/mol. The summed E-state index contributed by atoms with van der Waals surface area (Å²) in [4.78, 5) is -0.225. The first-order chi connectivity index (χ1) is 9.32. The maximum Gasteiger partial charge on any atom is 0.245 e. The van der Waals surface area contributed by atoms with Crippen molar-refractivity contribution in [2.24, 2.45) is 11.7 Å². The van der Waals surface area contributed by atoms with Crippen LogP contribution >= 0.6 is 0 Å². The molecular weight excluding hydrogens is 279 g/mol. The Hall–Kier alpha value is -0.980. The number of hydrogen-bond acceptors (Lipinski definition) is 3. The molecule has 1 saturated heterocycles. The van der Waals surface area contributed by atoms with E-state index < -0.39 is 15.8 Å². The molecule has 0 amide bonds. The lowest BCUT2D eigenvalue weighted by atomic mass is 9.92. The summed E-state index contributed by atoms with van der Waals surface area (Å²) in [5, 5.41) is 0.